The number of ether oxygens (including phenoxy) is 1. The molecule has 1 fully saturated rings. The molecule has 0 radical (unpaired) electrons. The van der Waals surface area contributed by atoms with E-state index in [0.29, 0.717) is 6.42 Å². The van der Waals surface area contributed by atoms with Crippen LogP contribution in [0.3, 0.4) is 0 Å². The zero-order valence-corrected chi connectivity index (χ0v) is 17.1. The molecule has 0 amide bonds. The van der Waals surface area contributed by atoms with Crippen LogP contribution < -0.4 is 0 Å². The van der Waals surface area contributed by atoms with Crippen LogP contribution in [0.5, 0.6) is 0 Å². The van der Waals surface area contributed by atoms with Crippen molar-refractivity contribution < 1.29 is 9.84 Å². The quantitative estimate of drug-likeness (QED) is 0.752. The van der Waals surface area contributed by atoms with E-state index in [2.05, 4.69) is 55.1 Å². The van der Waals surface area contributed by atoms with Gasteiger partial charge >= 0.3 is 0 Å². The number of rotatable bonds is 7. The van der Waals surface area contributed by atoms with Crippen molar-refractivity contribution in [2.45, 2.75) is 38.2 Å². The van der Waals surface area contributed by atoms with Crippen molar-refractivity contribution in [3.63, 3.8) is 0 Å². The normalized spacial score (nSPS) is 18.8. The highest BCUT2D eigenvalue weighted by Gasteiger charge is 2.39. The summed E-state index contributed by atoms with van der Waals surface area (Å²) in [6, 6.07) is 16.4. The summed E-state index contributed by atoms with van der Waals surface area (Å²) >= 11 is 6.12. The van der Waals surface area contributed by atoms with Crippen LogP contribution in [0.25, 0.3) is 0 Å². The number of hydrogen-bond donors (Lipinski definition) is 1. The Hall–Kier alpha value is -1.39. The van der Waals surface area contributed by atoms with Gasteiger partial charge in [0.1, 0.15) is 0 Å². The van der Waals surface area contributed by atoms with E-state index >= 15 is 0 Å². The molecule has 4 heteroatoms. The Balaban J connectivity index is 1.97. The van der Waals surface area contributed by atoms with Crippen LogP contribution in [0.4, 0.5) is 0 Å². The van der Waals surface area contributed by atoms with Gasteiger partial charge in [0.15, 0.2) is 0 Å². The third-order valence-electron chi connectivity index (χ3n) is 5.79. The molecule has 0 spiro atoms. The Morgan fingerprint density at radius 1 is 1.04 bits per heavy atom. The van der Waals surface area contributed by atoms with E-state index in [4.69, 9.17) is 16.3 Å². The highest BCUT2D eigenvalue weighted by Crippen LogP contribution is 2.41. The summed E-state index contributed by atoms with van der Waals surface area (Å²) in [5.41, 5.74) is 2.46. The van der Waals surface area contributed by atoms with E-state index < -0.39 is 5.60 Å². The lowest BCUT2D eigenvalue weighted by Gasteiger charge is -2.40. The van der Waals surface area contributed by atoms with Gasteiger partial charge in [-0.05, 0) is 41.7 Å². The fourth-order valence-electron chi connectivity index (χ4n) is 3.95. The molecule has 1 aliphatic rings. The van der Waals surface area contributed by atoms with E-state index in [0.717, 1.165) is 55.4 Å². The van der Waals surface area contributed by atoms with E-state index in [9.17, 15) is 5.11 Å². The SMILES string of the molecule is CCc1ccc([C@@](O)(CC)[C@H](CN2CCOCC2)c2ccc(Cl)cc2)cc1. The molecule has 27 heavy (non-hydrogen) atoms. The Kier molecular flexibility index (Phi) is 6.93. The van der Waals surface area contributed by atoms with Gasteiger partial charge in [0, 0.05) is 30.6 Å². The molecule has 0 saturated carbocycles. The van der Waals surface area contributed by atoms with Gasteiger partial charge in [0.2, 0.25) is 0 Å². The molecule has 0 unspecified atom stereocenters. The average Bonchev–Trinajstić information content (AvgIpc) is 2.73. The third-order valence-corrected chi connectivity index (χ3v) is 6.05. The fraction of sp³-hybridized carbons (Fsp3) is 0.478. The lowest BCUT2D eigenvalue weighted by Crippen LogP contribution is -2.44. The van der Waals surface area contributed by atoms with Crippen molar-refractivity contribution in [1.29, 1.82) is 0 Å². The Bertz CT molecular complexity index is 710. The second-order valence-corrected chi connectivity index (χ2v) is 7.78. The van der Waals surface area contributed by atoms with Crippen LogP contribution in [-0.2, 0) is 16.8 Å². The monoisotopic (exact) mass is 387 g/mol. The molecule has 2 aromatic rings. The number of nitrogens with zero attached hydrogens (tertiary/aromatic N) is 1. The summed E-state index contributed by atoms with van der Waals surface area (Å²) in [7, 11) is 0. The van der Waals surface area contributed by atoms with E-state index in [1.165, 1.54) is 5.56 Å². The van der Waals surface area contributed by atoms with Crippen molar-refractivity contribution in [3.05, 3.63) is 70.2 Å². The van der Waals surface area contributed by atoms with Crippen LogP contribution >= 0.6 is 11.6 Å². The average molecular weight is 388 g/mol. The van der Waals surface area contributed by atoms with Crippen molar-refractivity contribution in [2.75, 3.05) is 32.8 Å². The molecule has 1 N–H and O–H groups in total. The summed E-state index contributed by atoms with van der Waals surface area (Å²) in [6.07, 6.45) is 1.65. The van der Waals surface area contributed by atoms with E-state index in [-0.39, 0.29) is 5.92 Å². The van der Waals surface area contributed by atoms with Gasteiger partial charge in [-0.2, -0.15) is 0 Å². The molecule has 1 heterocycles. The zero-order valence-electron chi connectivity index (χ0n) is 16.3. The number of morpholine rings is 1. The second kappa shape index (κ2) is 9.20. The minimum absolute atomic E-state index is 0.0367. The molecular formula is C23H30ClNO2. The molecule has 146 valence electrons. The first kappa shape index (κ1) is 20.3. The van der Waals surface area contributed by atoms with Crippen molar-refractivity contribution in [1.82, 2.24) is 4.90 Å². The van der Waals surface area contributed by atoms with Crippen molar-refractivity contribution >= 4 is 11.6 Å². The maximum Gasteiger partial charge on any atom is 0.0974 e. The van der Waals surface area contributed by atoms with Gasteiger partial charge < -0.3 is 9.84 Å². The van der Waals surface area contributed by atoms with Gasteiger partial charge in [-0.3, -0.25) is 4.90 Å². The van der Waals surface area contributed by atoms with Gasteiger partial charge in [-0.1, -0.05) is 61.8 Å². The van der Waals surface area contributed by atoms with Gasteiger partial charge in [-0.15, -0.1) is 0 Å². The van der Waals surface area contributed by atoms with Crippen LogP contribution in [-0.4, -0.2) is 42.9 Å². The molecule has 1 aliphatic heterocycles. The first-order valence-electron chi connectivity index (χ1n) is 9.94. The van der Waals surface area contributed by atoms with Gasteiger partial charge in [-0.25, -0.2) is 0 Å². The summed E-state index contributed by atoms with van der Waals surface area (Å²) in [5, 5.41) is 12.6. The van der Waals surface area contributed by atoms with E-state index in [1.807, 2.05) is 12.1 Å². The van der Waals surface area contributed by atoms with Crippen molar-refractivity contribution in [2.24, 2.45) is 0 Å². The van der Waals surface area contributed by atoms with Crippen LogP contribution in [0.15, 0.2) is 48.5 Å². The molecule has 3 nitrogen and oxygen atoms in total. The molecule has 0 aliphatic carbocycles. The van der Waals surface area contributed by atoms with Crippen LogP contribution in [0, 0.1) is 0 Å². The maximum atomic E-state index is 11.9. The smallest absolute Gasteiger partial charge is 0.0974 e. The minimum atomic E-state index is -0.932. The van der Waals surface area contributed by atoms with Crippen molar-refractivity contribution in [3.8, 4) is 0 Å². The number of aryl methyl sites for hydroxylation is 1. The molecular weight excluding hydrogens is 358 g/mol. The highest BCUT2D eigenvalue weighted by atomic mass is 35.5. The van der Waals surface area contributed by atoms with E-state index in [1.54, 1.807) is 0 Å². The topological polar surface area (TPSA) is 32.7 Å². The number of aliphatic hydroxyl groups is 1. The summed E-state index contributed by atoms with van der Waals surface area (Å²) in [6.45, 7) is 8.32. The first-order chi connectivity index (χ1) is 13.1. The summed E-state index contributed by atoms with van der Waals surface area (Å²) in [4.78, 5) is 2.39. The molecule has 0 bridgehead atoms. The lowest BCUT2D eigenvalue weighted by atomic mass is 9.75. The standard InChI is InChI=1S/C23H30ClNO2/c1-3-18-5-9-20(10-6-18)23(26,4-2)22(17-25-13-15-27-16-14-25)19-7-11-21(24)12-8-19/h5-12,22,26H,3-4,13-17H2,1-2H3/t22-,23+/m1/s1. The lowest BCUT2D eigenvalue weighted by molar-refractivity contribution is -0.0250. The third kappa shape index (κ3) is 4.72. The number of halogens is 1. The Morgan fingerprint density at radius 2 is 1.67 bits per heavy atom. The number of hydrogen-bond acceptors (Lipinski definition) is 3. The Labute approximate surface area is 167 Å². The number of benzene rings is 2. The molecule has 3 rings (SSSR count). The minimum Gasteiger partial charge on any atom is -0.384 e. The first-order valence-corrected chi connectivity index (χ1v) is 10.3. The maximum absolute atomic E-state index is 11.9. The molecule has 1 saturated heterocycles. The summed E-state index contributed by atoms with van der Waals surface area (Å²) in [5.74, 6) is -0.0367. The second-order valence-electron chi connectivity index (χ2n) is 7.35. The Morgan fingerprint density at radius 3 is 2.22 bits per heavy atom. The predicted octanol–water partition coefficient (Wildman–Crippen LogP) is 4.62. The molecule has 0 aromatic heterocycles. The molecule has 2 aromatic carbocycles. The molecule has 2 atom stereocenters. The van der Waals surface area contributed by atoms with Crippen LogP contribution in [0.1, 0.15) is 42.9 Å². The zero-order chi connectivity index (χ0) is 19.3. The fourth-order valence-corrected chi connectivity index (χ4v) is 4.08. The highest BCUT2D eigenvalue weighted by molar-refractivity contribution is 6.30. The van der Waals surface area contributed by atoms with Crippen LogP contribution in [0.2, 0.25) is 5.02 Å². The van der Waals surface area contributed by atoms with Gasteiger partial charge in [0.05, 0.1) is 18.8 Å². The largest absolute Gasteiger partial charge is 0.384 e. The predicted molar refractivity (Wildman–Crippen MR) is 111 cm³/mol. The summed E-state index contributed by atoms with van der Waals surface area (Å²) < 4.78 is 5.50. The van der Waals surface area contributed by atoms with Gasteiger partial charge in [0.25, 0.3) is 0 Å².